The topological polar surface area (TPSA) is 67.7 Å². The average Bonchev–Trinajstić information content (AvgIpc) is 2.98. The fraction of sp³-hybridized carbons (Fsp3) is 0.167. The highest BCUT2D eigenvalue weighted by Gasteiger charge is 2.30. The monoisotopic (exact) mass is 414 g/mol. The summed E-state index contributed by atoms with van der Waals surface area (Å²) in [5.41, 5.74) is 5.51. The van der Waals surface area contributed by atoms with Crippen LogP contribution in [0.1, 0.15) is 16.7 Å². The Morgan fingerprint density at radius 3 is 2.81 bits per heavy atom. The molecule has 2 aliphatic heterocycles. The number of carbonyl (C=O) groups excluding carboxylic acids is 1. The first-order chi connectivity index (χ1) is 15.2. The highest BCUT2D eigenvalue weighted by molar-refractivity contribution is 6.15. The summed E-state index contributed by atoms with van der Waals surface area (Å²) in [5.74, 6) is 0.0503. The van der Waals surface area contributed by atoms with Crippen LogP contribution in [-0.4, -0.2) is 46.7 Å². The lowest BCUT2D eigenvalue weighted by molar-refractivity contribution is -0.126. The van der Waals surface area contributed by atoms with Crippen molar-refractivity contribution >= 4 is 17.3 Å². The minimum Gasteiger partial charge on any atom is -0.481 e. The molecule has 6 nitrogen and oxygen atoms in total. The number of ether oxygens (including phenoxy) is 1. The molecule has 2 aliphatic rings. The molecule has 0 unspecified atom stereocenters. The van der Waals surface area contributed by atoms with E-state index in [4.69, 9.17) is 4.74 Å². The second kappa shape index (κ2) is 7.75. The van der Waals surface area contributed by atoms with Gasteiger partial charge in [0.05, 0.1) is 24.7 Å². The smallest absolute Gasteiger partial charge is 0.248 e. The number of nitrogens with zero attached hydrogens (tertiary/aromatic N) is 4. The van der Waals surface area contributed by atoms with Crippen molar-refractivity contribution in [2.24, 2.45) is 4.99 Å². The first kappa shape index (κ1) is 19.1. The van der Waals surface area contributed by atoms with Crippen LogP contribution in [0.25, 0.3) is 16.8 Å². The van der Waals surface area contributed by atoms with Gasteiger partial charge in [-0.25, -0.2) is 9.37 Å². The number of aromatic nitrogens is 2. The Kier molecular flexibility index (Phi) is 4.78. The van der Waals surface area contributed by atoms with Crippen LogP contribution < -0.4 is 4.74 Å². The molecule has 0 bridgehead atoms. The highest BCUT2D eigenvalue weighted by Crippen LogP contribution is 2.37. The molecule has 5 rings (SSSR count). The normalized spacial score (nSPS) is 15.4. The predicted octanol–water partition coefficient (Wildman–Crippen LogP) is 3.52. The molecule has 0 N–H and O–H groups in total. The number of aliphatic imine (C=N–C) groups is 1. The summed E-state index contributed by atoms with van der Waals surface area (Å²) in [7, 11) is 1.56. The summed E-state index contributed by atoms with van der Waals surface area (Å²) in [6.45, 7) is 0.581. The van der Waals surface area contributed by atoms with Gasteiger partial charge in [0.15, 0.2) is 0 Å². The van der Waals surface area contributed by atoms with E-state index in [1.54, 1.807) is 36.5 Å². The number of rotatable bonds is 3. The Morgan fingerprint density at radius 1 is 1.10 bits per heavy atom. The summed E-state index contributed by atoms with van der Waals surface area (Å²) in [4.78, 5) is 27.2. The van der Waals surface area contributed by atoms with Crippen LogP contribution in [0.4, 0.5) is 4.39 Å². The van der Waals surface area contributed by atoms with Crippen LogP contribution in [-0.2, 0) is 11.2 Å². The molecule has 1 amide bonds. The minimum atomic E-state index is -0.365. The van der Waals surface area contributed by atoms with E-state index in [9.17, 15) is 9.18 Å². The fourth-order valence-electron chi connectivity index (χ4n) is 4.11. The van der Waals surface area contributed by atoms with Gasteiger partial charge in [-0.15, -0.1) is 0 Å². The fourth-order valence-corrected chi connectivity index (χ4v) is 4.11. The Bertz CT molecular complexity index is 1250. The third-order valence-electron chi connectivity index (χ3n) is 5.59. The molecule has 7 heteroatoms. The number of benzene rings is 1. The number of amides is 1. The molecular formula is C24H19FN4O2. The van der Waals surface area contributed by atoms with Crippen molar-refractivity contribution in [3.8, 4) is 17.0 Å². The van der Waals surface area contributed by atoms with Crippen molar-refractivity contribution in [1.29, 1.82) is 0 Å². The number of halogens is 1. The molecule has 0 saturated carbocycles. The van der Waals surface area contributed by atoms with Crippen LogP contribution in [0.3, 0.4) is 0 Å². The number of methoxy groups -OCH3 is 1. The first-order valence-electron chi connectivity index (χ1n) is 9.95. The Labute approximate surface area is 178 Å². The third kappa shape index (κ3) is 3.38. The van der Waals surface area contributed by atoms with Crippen LogP contribution in [0.2, 0.25) is 0 Å². The zero-order valence-corrected chi connectivity index (χ0v) is 16.9. The van der Waals surface area contributed by atoms with Gasteiger partial charge in [0, 0.05) is 41.7 Å². The summed E-state index contributed by atoms with van der Waals surface area (Å²) in [6.07, 6.45) is 7.01. The highest BCUT2D eigenvalue weighted by atomic mass is 19.1. The van der Waals surface area contributed by atoms with Crippen molar-refractivity contribution in [2.75, 3.05) is 20.2 Å². The van der Waals surface area contributed by atoms with Crippen molar-refractivity contribution in [3.63, 3.8) is 0 Å². The lowest BCUT2D eigenvalue weighted by Gasteiger charge is -2.32. The van der Waals surface area contributed by atoms with Gasteiger partial charge in [-0.3, -0.25) is 14.8 Å². The molecular weight excluding hydrogens is 395 g/mol. The van der Waals surface area contributed by atoms with Gasteiger partial charge >= 0.3 is 0 Å². The summed E-state index contributed by atoms with van der Waals surface area (Å²) < 4.78 is 19.7. The van der Waals surface area contributed by atoms with Crippen LogP contribution in [0, 0.1) is 5.82 Å². The maximum absolute atomic E-state index is 14.5. The molecule has 31 heavy (non-hydrogen) atoms. The van der Waals surface area contributed by atoms with Gasteiger partial charge in [0.1, 0.15) is 12.4 Å². The summed E-state index contributed by atoms with van der Waals surface area (Å²) in [5, 5.41) is 0. The van der Waals surface area contributed by atoms with E-state index in [1.807, 2.05) is 30.3 Å². The van der Waals surface area contributed by atoms with E-state index in [-0.39, 0.29) is 18.3 Å². The van der Waals surface area contributed by atoms with Crippen LogP contribution in [0.15, 0.2) is 66.1 Å². The SMILES string of the molecule is COc1cc(C2=NCC(=O)N3CCc4c(cccc4-c4ccncc4F)C3=C2)ccn1. The largest absolute Gasteiger partial charge is 0.481 e. The summed E-state index contributed by atoms with van der Waals surface area (Å²) >= 11 is 0. The number of hydrogen-bond donors (Lipinski definition) is 0. The van der Waals surface area contributed by atoms with Crippen molar-refractivity contribution < 1.29 is 13.9 Å². The number of allylic oxidation sites excluding steroid dienone is 1. The minimum absolute atomic E-state index is 0.0617. The number of hydrogen-bond acceptors (Lipinski definition) is 5. The van der Waals surface area contributed by atoms with E-state index in [1.165, 1.54) is 6.20 Å². The maximum atomic E-state index is 14.5. The van der Waals surface area contributed by atoms with Gasteiger partial charge in [-0.1, -0.05) is 18.2 Å². The third-order valence-corrected chi connectivity index (χ3v) is 5.59. The molecule has 0 radical (unpaired) electrons. The van der Waals surface area contributed by atoms with Gasteiger partial charge in [-0.2, -0.15) is 0 Å². The van der Waals surface area contributed by atoms with Gasteiger partial charge in [0.2, 0.25) is 11.8 Å². The summed E-state index contributed by atoms with van der Waals surface area (Å²) in [6, 6.07) is 11.1. The molecule has 3 aromatic rings. The first-order valence-corrected chi connectivity index (χ1v) is 9.95. The van der Waals surface area contributed by atoms with E-state index in [0.717, 1.165) is 28.0 Å². The van der Waals surface area contributed by atoms with Crippen LogP contribution >= 0.6 is 0 Å². The van der Waals surface area contributed by atoms with E-state index < -0.39 is 0 Å². The lowest BCUT2D eigenvalue weighted by Crippen LogP contribution is -2.36. The number of pyridine rings is 2. The number of fused-ring (bicyclic) bond motifs is 3. The molecule has 0 saturated heterocycles. The molecule has 4 heterocycles. The molecule has 0 spiro atoms. The van der Waals surface area contributed by atoms with E-state index >= 15 is 0 Å². The van der Waals surface area contributed by atoms with Crippen molar-refractivity contribution in [2.45, 2.75) is 6.42 Å². The zero-order chi connectivity index (χ0) is 21.4. The number of carbonyl (C=O) groups is 1. The molecule has 0 fully saturated rings. The second-order valence-electron chi connectivity index (χ2n) is 7.30. The standard InChI is InChI=1S/C24H19FN4O2/c1-31-23-11-15(5-9-27-23)21-12-22-19-4-2-3-16(18-6-8-26-13-20(18)25)17(19)7-10-29(22)24(30)14-28-21/h2-6,8-9,11-13H,7,10,14H2,1H3. The molecule has 154 valence electrons. The van der Waals surface area contributed by atoms with Gasteiger partial charge < -0.3 is 9.64 Å². The van der Waals surface area contributed by atoms with Crippen molar-refractivity contribution in [3.05, 3.63) is 83.6 Å². The Morgan fingerprint density at radius 2 is 1.97 bits per heavy atom. The Hall–Kier alpha value is -3.87. The van der Waals surface area contributed by atoms with Gasteiger partial charge in [-0.05, 0) is 35.8 Å². The molecule has 0 atom stereocenters. The molecule has 1 aromatic carbocycles. The maximum Gasteiger partial charge on any atom is 0.248 e. The second-order valence-corrected chi connectivity index (χ2v) is 7.30. The quantitative estimate of drug-likeness (QED) is 0.658. The van der Waals surface area contributed by atoms with E-state index in [2.05, 4.69) is 15.0 Å². The molecule has 2 aromatic heterocycles. The Balaban J connectivity index is 1.66. The predicted molar refractivity (Wildman–Crippen MR) is 115 cm³/mol. The van der Waals surface area contributed by atoms with E-state index in [0.29, 0.717) is 30.1 Å². The average molecular weight is 414 g/mol. The van der Waals surface area contributed by atoms with Crippen molar-refractivity contribution in [1.82, 2.24) is 14.9 Å². The lowest BCUT2D eigenvalue weighted by atomic mass is 9.88. The zero-order valence-electron chi connectivity index (χ0n) is 16.9. The molecule has 0 aliphatic carbocycles. The van der Waals surface area contributed by atoms with Gasteiger partial charge in [0.25, 0.3) is 0 Å². The van der Waals surface area contributed by atoms with Crippen LogP contribution in [0.5, 0.6) is 5.88 Å².